The Balaban J connectivity index is 1.50. The van der Waals surface area contributed by atoms with Gasteiger partial charge in [0.1, 0.15) is 0 Å². The molecule has 24 heavy (non-hydrogen) atoms. The first-order chi connectivity index (χ1) is 11.6. The summed E-state index contributed by atoms with van der Waals surface area (Å²) in [6.07, 6.45) is 0.799. The lowest BCUT2D eigenvalue weighted by molar-refractivity contribution is -0.131. The van der Waals surface area contributed by atoms with Gasteiger partial charge in [-0.05, 0) is 43.4 Å². The van der Waals surface area contributed by atoms with E-state index in [2.05, 4.69) is 10.6 Å². The van der Waals surface area contributed by atoms with Gasteiger partial charge in [-0.15, -0.1) is 11.8 Å². The quantitative estimate of drug-likeness (QED) is 0.867. The van der Waals surface area contributed by atoms with Crippen LogP contribution >= 0.6 is 11.8 Å². The Bertz CT molecular complexity index is 629. The second kappa shape index (κ2) is 7.57. The molecule has 0 saturated carbocycles. The first-order valence-electron chi connectivity index (χ1n) is 8.50. The molecule has 2 atom stereocenters. The molecule has 0 spiro atoms. The highest BCUT2D eigenvalue weighted by atomic mass is 32.2. The number of carbonyl (C=O) groups excluding carboxylic acids is 2. The average molecular weight is 347 g/mol. The summed E-state index contributed by atoms with van der Waals surface area (Å²) in [4.78, 5) is 26.7. The van der Waals surface area contributed by atoms with E-state index >= 15 is 0 Å². The van der Waals surface area contributed by atoms with Crippen LogP contribution in [0.1, 0.15) is 27.9 Å². The molecule has 2 amide bonds. The lowest BCUT2D eigenvalue weighted by Gasteiger charge is -2.19. The third-order valence-corrected chi connectivity index (χ3v) is 5.95. The van der Waals surface area contributed by atoms with Crippen molar-refractivity contribution in [2.24, 2.45) is 5.92 Å². The molecule has 2 fully saturated rings. The summed E-state index contributed by atoms with van der Waals surface area (Å²) >= 11 is 1.80. The van der Waals surface area contributed by atoms with Crippen molar-refractivity contribution in [2.75, 3.05) is 31.3 Å². The molecule has 2 aliphatic heterocycles. The largest absolute Gasteiger partial charge is 0.352 e. The Kier molecular flexibility index (Phi) is 5.46. The molecule has 2 N–H and O–H groups in total. The van der Waals surface area contributed by atoms with Crippen molar-refractivity contribution < 1.29 is 9.59 Å². The lowest BCUT2D eigenvalue weighted by Crippen LogP contribution is -2.42. The second-order valence-corrected chi connectivity index (χ2v) is 7.73. The fourth-order valence-electron chi connectivity index (χ4n) is 3.29. The highest BCUT2D eigenvalue weighted by Crippen LogP contribution is 2.20. The summed E-state index contributed by atoms with van der Waals surface area (Å²) < 4.78 is 0. The van der Waals surface area contributed by atoms with Crippen molar-refractivity contribution in [1.82, 2.24) is 15.5 Å². The fraction of sp³-hybridized carbons (Fsp3) is 0.556. The molecule has 1 aromatic rings. The number of benzene rings is 1. The maximum Gasteiger partial charge on any atom is 0.251 e. The van der Waals surface area contributed by atoms with Crippen LogP contribution in [-0.4, -0.2) is 54.0 Å². The molecule has 0 aromatic heterocycles. The minimum absolute atomic E-state index is 0.0260. The average Bonchev–Trinajstić information content (AvgIpc) is 3.26. The van der Waals surface area contributed by atoms with E-state index in [4.69, 9.17) is 0 Å². The van der Waals surface area contributed by atoms with E-state index in [1.54, 1.807) is 11.8 Å². The Hall–Kier alpha value is -1.53. The second-order valence-electron chi connectivity index (χ2n) is 6.66. The van der Waals surface area contributed by atoms with Gasteiger partial charge in [0, 0.05) is 31.0 Å². The third kappa shape index (κ3) is 3.75. The first-order valence-corrected chi connectivity index (χ1v) is 9.66. The standard InChI is InChI=1S/C18H25N3O2S/c1-12-4-3-5-15(13(12)2)17(22)20-10-14-8-16(19-9-14)18(23)21-6-7-24-11-21/h3-5,14,16,19H,6-11H2,1-2H3,(H,20,22). The van der Waals surface area contributed by atoms with Gasteiger partial charge in [-0.3, -0.25) is 9.59 Å². The van der Waals surface area contributed by atoms with Gasteiger partial charge in [0.2, 0.25) is 5.91 Å². The maximum atomic E-state index is 12.4. The molecule has 5 nitrogen and oxygen atoms in total. The molecule has 2 unspecified atom stereocenters. The van der Waals surface area contributed by atoms with Crippen molar-refractivity contribution in [3.63, 3.8) is 0 Å². The van der Waals surface area contributed by atoms with Crippen LogP contribution in [0.3, 0.4) is 0 Å². The van der Waals surface area contributed by atoms with Crippen LogP contribution in [0.25, 0.3) is 0 Å². The van der Waals surface area contributed by atoms with Crippen molar-refractivity contribution in [2.45, 2.75) is 26.3 Å². The number of amides is 2. The number of nitrogens with one attached hydrogen (secondary N) is 2. The molecular formula is C18H25N3O2S. The van der Waals surface area contributed by atoms with E-state index in [1.807, 2.05) is 36.9 Å². The molecule has 2 saturated heterocycles. The molecule has 1 aromatic carbocycles. The number of hydrogen-bond donors (Lipinski definition) is 2. The van der Waals surface area contributed by atoms with Gasteiger partial charge >= 0.3 is 0 Å². The molecule has 130 valence electrons. The molecule has 2 heterocycles. The zero-order valence-electron chi connectivity index (χ0n) is 14.3. The Morgan fingerprint density at radius 2 is 2.21 bits per heavy atom. The van der Waals surface area contributed by atoms with Gasteiger partial charge in [0.15, 0.2) is 0 Å². The van der Waals surface area contributed by atoms with E-state index in [0.29, 0.717) is 12.5 Å². The van der Waals surface area contributed by atoms with E-state index in [1.165, 1.54) is 0 Å². The minimum Gasteiger partial charge on any atom is -0.352 e. The van der Waals surface area contributed by atoms with Gasteiger partial charge in [-0.1, -0.05) is 12.1 Å². The highest BCUT2D eigenvalue weighted by Gasteiger charge is 2.33. The molecule has 0 bridgehead atoms. The Morgan fingerprint density at radius 3 is 2.96 bits per heavy atom. The minimum atomic E-state index is -0.0914. The zero-order valence-corrected chi connectivity index (χ0v) is 15.1. The van der Waals surface area contributed by atoms with Crippen molar-refractivity contribution in [1.29, 1.82) is 0 Å². The van der Waals surface area contributed by atoms with Crippen LogP contribution in [0.5, 0.6) is 0 Å². The van der Waals surface area contributed by atoms with E-state index in [0.717, 1.165) is 47.8 Å². The maximum absolute atomic E-state index is 12.4. The molecule has 0 aliphatic carbocycles. The van der Waals surface area contributed by atoms with E-state index in [-0.39, 0.29) is 17.9 Å². The first kappa shape index (κ1) is 17.3. The summed E-state index contributed by atoms with van der Waals surface area (Å²) in [7, 11) is 0. The van der Waals surface area contributed by atoms with Gasteiger partial charge in [-0.2, -0.15) is 0 Å². The van der Waals surface area contributed by atoms with Crippen LogP contribution < -0.4 is 10.6 Å². The zero-order chi connectivity index (χ0) is 17.1. The molecule has 0 radical (unpaired) electrons. The van der Waals surface area contributed by atoms with Gasteiger partial charge in [0.05, 0.1) is 11.9 Å². The van der Waals surface area contributed by atoms with E-state index in [9.17, 15) is 9.59 Å². The summed E-state index contributed by atoms with van der Waals surface area (Å²) in [5.74, 6) is 2.34. The van der Waals surface area contributed by atoms with Crippen LogP contribution in [0, 0.1) is 19.8 Å². The summed E-state index contributed by atoms with van der Waals surface area (Å²) in [5.41, 5.74) is 2.89. The normalized spacial score (nSPS) is 23.5. The molecule has 2 aliphatic rings. The van der Waals surface area contributed by atoms with Crippen molar-refractivity contribution >= 4 is 23.6 Å². The van der Waals surface area contributed by atoms with Crippen molar-refractivity contribution in [3.05, 3.63) is 34.9 Å². The Morgan fingerprint density at radius 1 is 1.38 bits per heavy atom. The van der Waals surface area contributed by atoms with Crippen LogP contribution in [-0.2, 0) is 4.79 Å². The predicted octanol–water partition coefficient (Wildman–Crippen LogP) is 1.54. The molecule has 3 rings (SSSR count). The summed E-state index contributed by atoms with van der Waals surface area (Å²) in [6.45, 7) is 6.24. The smallest absolute Gasteiger partial charge is 0.251 e. The number of hydrogen-bond acceptors (Lipinski definition) is 4. The molecular weight excluding hydrogens is 322 g/mol. The molecule has 6 heteroatoms. The fourth-order valence-corrected chi connectivity index (χ4v) is 4.25. The van der Waals surface area contributed by atoms with Gasteiger partial charge in [0.25, 0.3) is 5.91 Å². The van der Waals surface area contributed by atoms with Crippen LogP contribution in [0.4, 0.5) is 0 Å². The van der Waals surface area contributed by atoms with Gasteiger partial charge < -0.3 is 15.5 Å². The number of carbonyl (C=O) groups is 2. The highest BCUT2D eigenvalue weighted by molar-refractivity contribution is 7.99. The summed E-state index contributed by atoms with van der Waals surface area (Å²) in [6, 6.07) is 5.70. The lowest BCUT2D eigenvalue weighted by atomic mass is 10.0. The van der Waals surface area contributed by atoms with E-state index < -0.39 is 0 Å². The van der Waals surface area contributed by atoms with Gasteiger partial charge in [-0.25, -0.2) is 0 Å². The number of aryl methyl sites for hydroxylation is 1. The monoisotopic (exact) mass is 347 g/mol. The predicted molar refractivity (Wildman–Crippen MR) is 97.2 cm³/mol. The SMILES string of the molecule is Cc1cccc(C(=O)NCC2CNC(C(=O)N3CCSC3)C2)c1C. The van der Waals surface area contributed by atoms with Crippen LogP contribution in [0.15, 0.2) is 18.2 Å². The summed E-state index contributed by atoms with van der Waals surface area (Å²) in [5, 5.41) is 6.35. The number of rotatable bonds is 4. The number of thioether (sulfide) groups is 1. The Labute approximate surface area is 147 Å². The number of nitrogens with zero attached hydrogens (tertiary/aromatic N) is 1. The third-order valence-electron chi connectivity index (χ3n) is 4.98. The van der Waals surface area contributed by atoms with Crippen LogP contribution in [0.2, 0.25) is 0 Å². The van der Waals surface area contributed by atoms with Crippen molar-refractivity contribution in [3.8, 4) is 0 Å². The topological polar surface area (TPSA) is 61.4 Å².